The third-order valence-electron chi connectivity index (χ3n) is 2.25. The molecule has 3 N–H and O–H groups in total. The van der Waals surface area contributed by atoms with Gasteiger partial charge >= 0.3 is 0 Å². The van der Waals surface area contributed by atoms with E-state index >= 15 is 0 Å². The number of nitrogens with two attached hydrogens (primary N) is 1. The lowest BCUT2D eigenvalue weighted by molar-refractivity contribution is 0.255. The van der Waals surface area contributed by atoms with Gasteiger partial charge < -0.3 is 11.1 Å². The molecule has 1 saturated heterocycles. The van der Waals surface area contributed by atoms with Gasteiger partial charge in [-0.3, -0.25) is 4.90 Å². The summed E-state index contributed by atoms with van der Waals surface area (Å²) in [4.78, 5) is 2.53. The van der Waals surface area contributed by atoms with Crippen LogP contribution >= 0.6 is 11.8 Å². The van der Waals surface area contributed by atoms with Crippen molar-refractivity contribution in [1.82, 2.24) is 10.2 Å². The van der Waals surface area contributed by atoms with Crippen LogP contribution < -0.4 is 11.1 Å². The molecule has 0 unspecified atom stereocenters. The van der Waals surface area contributed by atoms with E-state index in [-0.39, 0.29) is 0 Å². The highest BCUT2D eigenvalue weighted by Crippen LogP contribution is 2.03. The molecule has 0 aromatic rings. The molecule has 0 amide bonds. The first-order valence-corrected chi connectivity index (χ1v) is 6.30. The van der Waals surface area contributed by atoms with Gasteiger partial charge in [-0.1, -0.05) is 0 Å². The Labute approximate surface area is 85.4 Å². The van der Waals surface area contributed by atoms with Crippen molar-refractivity contribution in [1.29, 1.82) is 0 Å². The van der Waals surface area contributed by atoms with E-state index in [4.69, 9.17) is 5.73 Å². The van der Waals surface area contributed by atoms with E-state index in [0.717, 1.165) is 26.1 Å². The van der Waals surface area contributed by atoms with Crippen molar-refractivity contribution in [3.05, 3.63) is 0 Å². The van der Waals surface area contributed by atoms with E-state index in [1.54, 1.807) is 0 Å². The maximum Gasteiger partial charge on any atom is 0.0108 e. The fourth-order valence-electron chi connectivity index (χ4n) is 1.42. The Bertz CT molecular complexity index is 115. The molecule has 0 aromatic carbocycles. The van der Waals surface area contributed by atoms with Gasteiger partial charge in [0.05, 0.1) is 0 Å². The van der Waals surface area contributed by atoms with Crippen LogP contribution in [0.3, 0.4) is 0 Å². The van der Waals surface area contributed by atoms with Crippen LogP contribution in [0.1, 0.15) is 6.42 Å². The Morgan fingerprint density at radius 3 is 2.69 bits per heavy atom. The molecule has 0 saturated carbocycles. The number of piperazine rings is 1. The van der Waals surface area contributed by atoms with E-state index in [1.807, 2.05) is 11.8 Å². The van der Waals surface area contributed by atoms with Crippen LogP contribution in [-0.4, -0.2) is 55.7 Å². The zero-order valence-electron chi connectivity index (χ0n) is 8.30. The quantitative estimate of drug-likeness (QED) is 0.595. The average molecular weight is 203 g/mol. The van der Waals surface area contributed by atoms with E-state index in [2.05, 4.69) is 10.2 Å². The van der Waals surface area contributed by atoms with Crippen molar-refractivity contribution < 1.29 is 0 Å². The summed E-state index contributed by atoms with van der Waals surface area (Å²) < 4.78 is 0. The normalized spacial score (nSPS) is 19.2. The fraction of sp³-hybridized carbons (Fsp3) is 1.00. The van der Waals surface area contributed by atoms with Crippen LogP contribution in [0.2, 0.25) is 0 Å². The SMILES string of the molecule is NCCCSCCN1CCNCC1. The van der Waals surface area contributed by atoms with E-state index < -0.39 is 0 Å². The highest BCUT2D eigenvalue weighted by atomic mass is 32.2. The summed E-state index contributed by atoms with van der Waals surface area (Å²) in [6, 6.07) is 0. The summed E-state index contributed by atoms with van der Waals surface area (Å²) in [6.45, 7) is 6.84. The molecule has 78 valence electrons. The van der Waals surface area contributed by atoms with Crippen LogP contribution in [0.25, 0.3) is 0 Å². The van der Waals surface area contributed by atoms with Gasteiger partial charge in [0.1, 0.15) is 0 Å². The van der Waals surface area contributed by atoms with E-state index in [9.17, 15) is 0 Å². The van der Waals surface area contributed by atoms with Crippen LogP contribution in [0.15, 0.2) is 0 Å². The first-order chi connectivity index (χ1) is 6.43. The second-order valence-corrected chi connectivity index (χ2v) is 4.57. The van der Waals surface area contributed by atoms with E-state index in [1.165, 1.54) is 31.1 Å². The lowest BCUT2D eigenvalue weighted by atomic mass is 10.4. The third kappa shape index (κ3) is 5.52. The van der Waals surface area contributed by atoms with Gasteiger partial charge in [0, 0.05) is 38.5 Å². The molecule has 1 fully saturated rings. The monoisotopic (exact) mass is 203 g/mol. The molecule has 0 spiro atoms. The van der Waals surface area contributed by atoms with Gasteiger partial charge in [-0.15, -0.1) is 0 Å². The Kier molecular flexibility index (Phi) is 6.62. The second kappa shape index (κ2) is 7.62. The standard InChI is InChI=1S/C9H21N3S/c10-2-1-8-13-9-7-12-5-3-11-4-6-12/h11H,1-10H2. The molecule has 4 heteroatoms. The molecule has 0 aromatic heterocycles. The molecular weight excluding hydrogens is 182 g/mol. The summed E-state index contributed by atoms with van der Waals surface area (Å²) in [6.07, 6.45) is 1.16. The smallest absolute Gasteiger partial charge is 0.0108 e. The molecule has 0 radical (unpaired) electrons. The minimum absolute atomic E-state index is 0.834. The van der Waals surface area contributed by atoms with Crippen LogP contribution in [0.5, 0.6) is 0 Å². The van der Waals surface area contributed by atoms with Crippen molar-refractivity contribution >= 4 is 11.8 Å². The number of rotatable bonds is 6. The lowest BCUT2D eigenvalue weighted by Crippen LogP contribution is -2.44. The summed E-state index contributed by atoms with van der Waals surface area (Å²) in [5.74, 6) is 2.49. The predicted molar refractivity (Wildman–Crippen MR) is 60.3 cm³/mol. The van der Waals surface area contributed by atoms with E-state index in [0.29, 0.717) is 0 Å². The molecule has 1 heterocycles. The van der Waals surface area contributed by atoms with Crippen LogP contribution in [0, 0.1) is 0 Å². The summed E-state index contributed by atoms with van der Waals surface area (Å²) in [7, 11) is 0. The zero-order chi connectivity index (χ0) is 9.36. The molecule has 3 nitrogen and oxygen atoms in total. The zero-order valence-corrected chi connectivity index (χ0v) is 9.11. The van der Waals surface area contributed by atoms with Gasteiger partial charge in [-0.2, -0.15) is 11.8 Å². The number of hydrogen-bond acceptors (Lipinski definition) is 4. The number of nitrogens with one attached hydrogen (secondary N) is 1. The number of hydrogen-bond donors (Lipinski definition) is 2. The summed E-state index contributed by atoms with van der Waals surface area (Å²) in [5.41, 5.74) is 5.42. The van der Waals surface area contributed by atoms with Crippen LogP contribution in [-0.2, 0) is 0 Å². The van der Waals surface area contributed by atoms with Gasteiger partial charge in [-0.05, 0) is 18.7 Å². The predicted octanol–water partition coefficient (Wildman–Crippen LogP) is -0.0264. The van der Waals surface area contributed by atoms with Crippen molar-refractivity contribution in [3.8, 4) is 0 Å². The van der Waals surface area contributed by atoms with Crippen LogP contribution in [0.4, 0.5) is 0 Å². The molecule has 13 heavy (non-hydrogen) atoms. The molecular formula is C9H21N3S. The maximum atomic E-state index is 5.42. The Morgan fingerprint density at radius 1 is 1.23 bits per heavy atom. The summed E-state index contributed by atoms with van der Waals surface area (Å²) in [5, 5.41) is 3.36. The van der Waals surface area contributed by atoms with Gasteiger partial charge in [0.15, 0.2) is 0 Å². The largest absolute Gasteiger partial charge is 0.330 e. The minimum Gasteiger partial charge on any atom is -0.330 e. The first kappa shape index (κ1) is 11.3. The van der Waals surface area contributed by atoms with Gasteiger partial charge in [0.25, 0.3) is 0 Å². The van der Waals surface area contributed by atoms with Crippen molar-refractivity contribution in [2.24, 2.45) is 5.73 Å². The molecule has 1 aliphatic rings. The fourth-order valence-corrected chi connectivity index (χ4v) is 2.38. The molecule has 0 bridgehead atoms. The van der Waals surface area contributed by atoms with Crippen molar-refractivity contribution in [2.45, 2.75) is 6.42 Å². The van der Waals surface area contributed by atoms with Crippen molar-refractivity contribution in [3.63, 3.8) is 0 Å². The third-order valence-corrected chi connectivity index (χ3v) is 3.30. The molecule has 1 aliphatic heterocycles. The highest BCUT2D eigenvalue weighted by Gasteiger charge is 2.07. The number of nitrogens with zero attached hydrogens (tertiary/aromatic N) is 1. The molecule has 0 atom stereocenters. The lowest BCUT2D eigenvalue weighted by Gasteiger charge is -2.26. The average Bonchev–Trinajstić information content (AvgIpc) is 2.19. The Hall–Kier alpha value is 0.230. The molecule has 0 aliphatic carbocycles. The Balaban J connectivity index is 1.86. The number of thioether (sulfide) groups is 1. The van der Waals surface area contributed by atoms with Gasteiger partial charge in [-0.25, -0.2) is 0 Å². The molecule has 1 rings (SSSR count). The second-order valence-electron chi connectivity index (χ2n) is 3.35. The minimum atomic E-state index is 0.834. The highest BCUT2D eigenvalue weighted by molar-refractivity contribution is 7.99. The topological polar surface area (TPSA) is 41.3 Å². The van der Waals surface area contributed by atoms with Gasteiger partial charge in [0.2, 0.25) is 0 Å². The Morgan fingerprint density at radius 2 is 2.00 bits per heavy atom. The maximum absolute atomic E-state index is 5.42. The van der Waals surface area contributed by atoms with Crippen molar-refractivity contribution in [2.75, 3.05) is 50.8 Å². The summed E-state index contributed by atoms with van der Waals surface area (Å²) >= 11 is 2.03. The first-order valence-electron chi connectivity index (χ1n) is 5.14.